The summed E-state index contributed by atoms with van der Waals surface area (Å²) in [5, 5.41) is 28.7. The zero-order chi connectivity index (χ0) is 24.4. The Hall–Kier alpha value is -2.07. The third-order valence-corrected chi connectivity index (χ3v) is 6.14. The third-order valence-electron chi connectivity index (χ3n) is 6.14. The smallest absolute Gasteiger partial charge is 0.871 e. The molecule has 2 aromatic carbocycles. The second-order valence-electron chi connectivity index (χ2n) is 8.55. The van der Waals surface area contributed by atoms with Crippen molar-refractivity contribution in [2.75, 3.05) is 5.32 Å². The minimum Gasteiger partial charge on any atom is -0.871 e. The van der Waals surface area contributed by atoms with E-state index in [1.54, 1.807) is 12.1 Å². The molecule has 36 heavy (non-hydrogen) atoms. The Morgan fingerprint density at radius 2 is 1.72 bits per heavy atom. The number of aromatic nitrogens is 1. The molecule has 0 spiro atoms. The zero-order valence-corrected chi connectivity index (χ0v) is 25.0. The van der Waals surface area contributed by atoms with E-state index in [2.05, 4.69) is 10.6 Å². The molecule has 2 heterocycles. The standard InChI is InChI=1S/C26H27N3O5.2Na/c1-15-6-3-7-16(2)23(15)18-9-4-8-17(12-18)20(14-22(31)32)27-26(34)28-24-21(30)13-19-10-5-11-29(19)25(24)33;;/h3-4,6-9,12-13,20,30H,5,10-11,14H2,1-2H3,(H,31,32)(H2,27,28,34);;/q;2*+1/p-2/t20-;;/m0../s1. The number of fused-ring (bicyclic) bond motifs is 1. The minimum atomic E-state index is -1.34. The average molecular weight is 505 g/mol. The van der Waals surface area contributed by atoms with Crippen LogP contribution >= 0.6 is 0 Å². The van der Waals surface area contributed by atoms with Crippen LogP contribution in [0.1, 0.15) is 41.3 Å². The van der Waals surface area contributed by atoms with Crippen molar-refractivity contribution in [3.05, 3.63) is 81.3 Å². The molecule has 1 atom stereocenters. The van der Waals surface area contributed by atoms with Crippen molar-refractivity contribution in [1.29, 1.82) is 0 Å². The van der Waals surface area contributed by atoms with Crippen LogP contribution in [0.25, 0.3) is 11.1 Å². The van der Waals surface area contributed by atoms with Crippen molar-refractivity contribution in [2.24, 2.45) is 0 Å². The number of carbonyl (C=O) groups excluding carboxylic acids is 2. The number of hydrogen-bond acceptors (Lipinski definition) is 5. The quantitative estimate of drug-likeness (QED) is 0.332. The van der Waals surface area contributed by atoms with Gasteiger partial charge in [-0.1, -0.05) is 42.1 Å². The van der Waals surface area contributed by atoms with Gasteiger partial charge in [0.25, 0.3) is 5.56 Å². The molecule has 0 saturated heterocycles. The Morgan fingerprint density at radius 3 is 2.39 bits per heavy atom. The number of nitrogens with zero attached hydrogens (tertiary/aromatic N) is 1. The summed E-state index contributed by atoms with van der Waals surface area (Å²) in [6.45, 7) is 4.48. The van der Waals surface area contributed by atoms with Gasteiger partial charge in [-0.25, -0.2) is 4.79 Å². The van der Waals surface area contributed by atoms with E-state index >= 15 is 0 Å². The number of hydrogen-bond donors (Lipinski definition) is 2. The van der Waals surface area contributed by atoms with E-state index in [1.807, 2.05) is 44.2 Å². The van der Waals surface area contributed by atoms with Gasteiger partial charge in [-0.05, 0) is 66.6 Å². The number of nitrogens with one attached hydrogen (secondary N) is 2. The topological polar surface area (TPSA) is 126 Å². The van der Waals surface area contributed by atoms with Crippen LogP contribution in [0.5, 0.6) is 5.75 Å². The molecule has 4 rings (SSSR count). The molecule has 8 nitrogen and oxygen atoms in total. The molecule has 1 aliphatic heterocycles. The summed E-state index contributed by atoms with van der Waals surface area (Å²) < 4.78 is 1.48. The maximum atomic E-state index is 12.7. The number of carbonyl (C=O) groups is 2. The van der Waals surface area contributed by atoms with E-state index in [0.29, 0.717) is 24.2 Å². The van der Waals surface area contributed by atoms with Gasteiger partial charge in [0, 0.05) is 24.6 Å². The molecule has 0 bridgehead atoms. The molecular formula is C26H25N3Na2O5. The van der Waals surface area contributed by atoms with Crippen LogP contribution in [0, 0.1) is 13.8 Å². The van der Waals surface area contributed by atoms with Crippen LogP contribution in [0.15, 0.2) is 53.3 Å². The summed E-state index contributed by atoms with van der Waals surface area (Å²) in [7, 11) is 0. The first kappa shape index (κ1) is 30.2. The molecule has 1 aromatic heterocycles. The van der Waals surface area contributed by atoms with Crippen molar-refractivity contribution < 1.29 is 78.9 Å². The van der Waals surface area contributed by atoms with Crippen molar-refractivity contribution in [2.45, 2.75) is 45.7 Å². The summed E-state index contributed by atoms with van der Waals surface area (Å²) in [6.07, 6.45) is 0.924. The van der Waals surface area contributed by atoms with Gasteiger partial charge in [-0.3, -0.25) is 4.79 Å². The number of carboxylic acid groups (broad SMARTS) is 1. The first-order valence-corrected chi connectivity index (χ1v) is 11.1. The second-order valence-corrected chi connectivity index (χ2v) is 8.55. The minimum absolute atomic E-state index is 0. The molecule has 176 valence electrons. The van der Waals surface area contributed by atoms with Crippen molar-refractivity contribution in [3.8, 4) is 16.9 Å². The molecule has 0 fully saturated rings. The van der Waals surface area contributed by atoms with E-state index in [0.717, 1.165) is 28.7 Å². The number of rotatable bonds is 6. The first-order valence-electron chi connectivity index (χ1n) is 11.1. The van der Waals surface area contributed by atoms with Gasteiger partial charge in [-0.2, -0.15) is 0 Å². The van der Waals surface area contributed by atoms with Crippen molar-refractivity contribution >= 4 is 17.7 Å². The number of anilines is 1. The fraction of sp³-hybridized carbons (Fsp3) is 0.269. The van der Waals surface area contributed by atoms with Gasteiger partial charge >= 0.3 is 65.1 Å². The number of urea groups is 1. The average Bonchev–Trinajstić information content (AvgIpc) is 3.24. The van der Waals surface area contributed by atoms with Gasteiger partial charge in [-0.15, -0.1) is 0 Å². The summed E-state index contributed by atoms with van der Waals surface area (Å²) >= 11 is 0. The molecule has 2 N–H and O–H groups in total. The SMILES string of the molecule is Cc1cccc(C)c1-c1cccc([C@H](CC(=O)[O-])NC(=O)Nc2c([O-])cc3n(c2=O)CCC3)c1.[Na+].[Na+]. The molecule has 0 unspecified atom stereocenters. The summed E-state index contributed by atoms with van der Waals surface area (Å²) in [5.41, 5.74) is 4.37. The Morgan fingerprint density at radius 1 is 1.06 bits per heavy atom. The van der Waals surface area contributed by atoms with Crippen LogP contribution in [0.4, 0.5) is 10.5 Å². The molecular weight excluding hydrogens is 480 g/mol. The molecule has 0 saturated carbocycles. The molecule has 2 amide bonds. The van der Waals surface area contributed by atoms with E-state index in [9.17, 15) is 24.6 Å². The Balaban J connectivity index is 0.00000228. The number of pyridine rings is 1. The summed E-state index contributed by atoms with van der Waals surface area (Å²) in [5.74, 6) is -1.91. The van der Waals surface area contributed by atoms with E-state index in [-0.39, 0.29) is 64.8 Å². The van der Waals surface area contributed by atoms with Gasteiger partial charge in [0.15, 0.2) is 0 Å². The van der Waals surface area contributed by atoms with Crippen molar-refractivity contribution in [1.82, 2.24) is 9.88 Å². The maximum absolute atomic E-state index is 12.7. The molecule has 0 radical (unpaired) electrons. The predicted molar refractivity (Wildman–Crippen MR) is 124 cm³/mol. The van der Waals surface area contributed by atoms with Crippen LogP contribution in [-0.4, -0.2) is 16.6 Å². The van der Waals surface area contributed by atoms with Crippen LogP contribution < -0.4 is 85.5 Å². The maximum Gasteiger partial charge on any atom is 1.00 e. The van der Waals surface area contributed by atoms with Crippen LogP contribution in [0.3, 0.4) is 0 Å². The fourth-order valence-electron chi connectivity index (χ4n) is 4.57. The normalized spacial score (nSPS) is 12.5. The first-order chi connectivity index (χ1) is 16.2. The largest absolute Gasteiger partial charge is 1.00 e. The third kappa shape index (κ3) is 6.62. The Bertz CT molecular complexity index is 1320. The number of amides is 2. The van der Waals surface area contributed by atoms with Crippen LogP contribution in [0.2, 0.25) is 0 Å². The predicted octanol–water partition coefficient (Wildman–Crippen LogP) is -3.84. The zero-order valence-electron chi connectivity index (χ0n) is 21.0. The molecule has 3 aromatic rings. The van der Waals surface area contributed by atoms with E-state index in [1.165, 1.54) is 10.6 Å². The van der Waals surface area contributed by atoms with Crippen molar-refractivity contribution in [3.63, 3.8) is 0 Å². The Labute approximate surface area is 253 Å². The summed E-state index contributed by atoms with van der Waals surface area (Å²) in [4.78, 5) is 36.8. The second kappa shape index (κ2) is 12.9. The van der Waals surface area contributed by atoms with Gasteiger partial charge in [0.05, 0.1) is 6.04 Å². The van der Waals surface area contributed by atoms with E-state index < -0.39 is 35.8 Å². The number of aryl methyl sites for hydroxylation is 3. The molecule has 1 aliphatic rings. The van der Waals surface area contributed by atoms with Crippen LogP contribution in [-0.2, 0) is 17.8 Å². The van der Waals surface area contributed by atoms with Gasteiger partial charge < -0.3 is 30.2 Å². The number of benzene rings is 2. The monoisotopic (exact) mass is 505 g/mol. The van der Waals surface area contributed by atoms with Gasteiger partial charge in [0.2, 0.25) is 0 Å². The Kier molecular flexibility index (Phi) is 10.8. The number of aliphatic carboxylic acids is 1. The van der Waals surface area contributed by atoms with Gasteiger partial charge in [0.1, 0.15) is 5.69 Å². The van der Waals surface area contributed by atoms with E-state index in [4.69, 9.17) is 0 Å². The molecule has 0 aliphatic carbocycles. The fourth-order valence-corrected chi connectivity index (χ4v) is 4.57. The molecule has 10 heteroatoms. The summed E-state index contributed by atoms with van der Waals surface area (Å²) in [6, 6.07) is 12.8. The number of carboxylic acids is 1.